The molecule has 1 aliphatic rings. The first kappa shape index (κ1) is 17.3. The molecule has 130 valence electrons. The Morgan fingerprint density at radius 2 is 1.56 bits per heavy atom. The number of hydrogen-bond acceptors (Lipinski definition) is 1. The van der Waals surface area contributed by atoms with Crippen molar-refractivity contribution in [2.45, 2.75) is 25.1 Å². The Balaban J connectivity index is 1.84. The lowest BCUT2D eigenvalue weighted by Gasteiger charge is -2.19. The zero-order valence-corrected chi connectivity index (χ0v) is 13.5. The summed E-state index contributed by atoms with van der Waals surface area (Å²) >= 11 is 0. The summed E-state index contributed by atoms with van der Waals surface area (Å²) in [5.41, 5.74) is -0.0407. The molecular formula is C20H18F3NO. The fourth-order valence-electron chi connectivity index (χ4n) is 2.84. The number of nitrogens with one attached hydrogen (secondary N) is 1. The maximum absolute atomic E-state index is 13.3. The smallest absolute Gasteiger partial charge is 0.345 e. The number of benzene rings is 2. The summed E-state index contributed by atoms with van der Waals surface area (Å²) in [5, 5.41) is 2.75. The molecule has 2 aromatic rings. The van der Waals surface area contributed by atoms with Crippen LogP contribution in [0.25, 0.3) is 5.57 Å². The number of amides is 1. The van der Waals surface area contributed by atoms with Gasteiger partial charge in [0, 0.05) is 6.08 Å². The van der Waals surface area contributed by atoms with E-state index in [4.69, 9.17) is 0 Å². The average molecular weight is 345 g/mol. The lowest BCUT2D eigenvalue weighted by Crippen LogP contribution is -2.29. The molecule has 2 aromatic carbocycles. The molecule has 0 aliphatic heterocycles. The highest BCUT2D eigenvalue weighted by molar-refractivity contribution is 5.96. The third kappa shape index (κ3) is 4.50. The molecule has 1 N–H and O–H groups in total. The number of carbonyl (C=O) groups excluding carboxylic acids is 1. The van der Waals surface area contributed by atoms with Crippen LogP contribution in [0.3, 0.4) is 0 Å². The first-order chi connectivity index (χ1) is 11.9. The van der Waals surface area contributed by atoms with Crippen LogP contribution >= 0.6 is 0 Å². The van der Waals surface area contributed by atoms with Gasteiger partial charge in [0.15, 0.2) is 0 Å². The largest absolute Gasteiger partial charge is 0.417 e. The number of hydrogen-bond donors (Lipinski definition) is 1. The van der Waals surface area contributed by atoms with E-state index in [1.807, 2.05) is 30.3 Å². The van der Waals surface area contributed by atoms with Crippen LogP contribution in [0.15, 0.2) is 66.7 Å². The van der Waals surface area contributed by atoms with Crippen LogP contribution in [0.4, 0.5) is 13.2 Å². The molecule has 1 unspecified atom stereocenters. The minimum absolute atomic E-state index is 0.0205. The summed E-state index contributed by atoms with van der Waals surface area (Å²) in [6.07, 6.45) is -2.00. The summed E-state index contributed by atoms with van der Waals surface area (Å²) < 4.78 is 40.0. The van der Waals surface area contributed by atoms with Crippen LogP contribution in [0.2, 0.25) is 0 Å². The lowest BCUT2D eigenvalue weighted by molar-refractivity contribution is -0.117. The average Bonchev–Trinajstić information content (AvgIpc) is 3.43. The highest BCUT2D eigenvalue weighted by atomic mass is 19.4. The molecule has 1 amide bonds. The lowest BCUT2D eigenvalue weighted by atomic mass is 10.0. The fourth-order valence-corrected chi connectivity index (χ4v) is 2.84. The zero-order chi connectivity index (χ0) is 17.9. The van der Waals surface area contributed by atoms with Gasteiger partial charge in [0.25, 0.3) is 0 Å². The van der Waals surface area contributed by atoms with Crippen LogP contribution in [0.5, 0.6) is 0 Å². The normalized spacial score (nSPS) is 16.4. The van der Waals surface area contributed by atoms with Crippen LogP contribution in [0, 0.1) is 5.92 Å². The van der Waals surface area contributed by atoms with Gasteiger partial charge in [-0.15, -0.1) is 0 Å². The second kappa shape index (κ2) is 7.13. The van der Waals surface area contributed by atoms with Crippen molar-refractivity contribution in [3.05, 3.63) is 77.9 Å². The predicted molar refractivity (Wildman–Crippen MR) is 90.5 cm³/mol. The van der Waals surface area contributed by atoms with Gasteiger partial charge in [-0.1, -0.05) is 60.7 Å². The van der Waals surface area contributed by atoms with Crippen molar-refractivity contribution >= 4 is 11.5 Å². The van der Waals surface area contributed by atoms with E-state index in [2.05, 4.69) is 5.32 Å². The quantitative estimate of drug-likeness (QED) is 0.767. The molecule has 1 fully saturated rings. The van der Waals surface area contributed by atoms with Crippen molar-refractivity contribution in [3.63, 3.8) is 0 Å². The van der Waals surface area contributed by atoms with E-state index < -0.39 is 17.7 Å². The molecule has 1 atom stereocenters. The van der Waals surface area contributed by atoms with Gasteiger partial charge in [-0.25, -0.2) is 0 Å². The summed E-state index contributed by atoms with van der Waals surface area (Å²) in [6.45, 7) is 0. The van der Waals surface area contributed by atoms with E-state index in [9.17, 15) is 18.0 Å². The minimum Gasteiger partial charge on any atom is -0.345 e. The topological polar surface area (TPSA) is 29.1 Å². The predicted octanol–water partition coefficient (Wildman–Crippen LogP) is 4.90. The molecule has 1 saturated carbocycles. The molecule has 3 rings (SSSR count). The minimum atomic E-state index is -4.60. The van der Waals surface area contributed by atoms with Crippen molar-refractivity contribution < 1.29 is 18.0 Å². The third-order valence-electron chi connectivity index (χ3n) is 4.22. The Morgan fingerprint density at radius 1 is 1.00 bits per heavy atom. The van der Waals surface area contributed by atoms with Crippen LogP contribution in [-0.4, -0.2) is 12.1 Å². The first-order valence-electron chi connectivity index (χ1n) is 8.15. The van der Waals surface area contributed by atoms with Gasteiger partial charge in [-0.05, 0) is 29.9 Å². The van der Waals surface area contributed by atoms with E-state index in [-0.39, 0.29) is 17.5 Å². The second-order valence-electron chi connectivity index (χ2n) is 6.16. The van der Waals surface area contributed by atoms with Crippen LogP contribution in [0.1, 0.15) is 30.0 Å². The molecule has 0 spiro atoms. The highest BCUT2D eigenvalue weighted by Crippen LogP contribution is 2.41. The number of allylic oxidation sites excluding steroid dienone is 1. The number of rotatable bonds is 5. The monoisotopic (exact) mass is 345 g/mol. The zero-order valence-electron chi connectivity index (χ0n) is 13.5. The molecule has 0 radical (unpaired) electrons. The van der Waals surface area contributed by atoms with Gasteiger partial charge in [0.2, 0.25) is 5.91 Å². The van der Waals surface area contributed by atoms with E-state index >= 15 is 0 Å². The molecular weight excluding hydrogens is 327 g/mol. The Morgan fingerprint density at radius 3 is 2.08 bits per heavy atom. The van der Waals surface area contributed by atoms with Crippen molar-refractivity contribution in [1.82, 2.24) is 5.32 Å². The molecule has 25 heavy (non-hydrogen) atoms. The molecule has 0 heterocycles. The maximum Gasteiger partial charge on any atom is 0.417 e. The molecule has 0 saturated heterocycles. The van der Waals surface area contributed by atoms with Gasteiger partial charge in [0.1, 0.15) is 0 Å². The second-order valence-corrected chi connectivity index (χ2v) is 6.16. The Hall–Kier alpha value is -2.56. The summed E-state index contributed by atoms with van der Waals surface area (Å²) in [6, 6.07) is 16.5. The SMILES string of the molecule is O=C(C=C(c1ccccc1)C(F)(F)F)NC(c1ccccc1)C1CC1. The number of carbonyl (C=O) groups is 1. The van der Waals surface area contributed by atoms with Gasteiger partial charge < -0.3 is 5.32 Å². The van der Waals surface area contributed by atoms with Crippen molar-refractivity contribution in [2.24, 2.45) is 5.92 Å². The first-order valence-corrected chi connectivity index (χ1v) is 8.15. The fraction of sp³-hybridized carbons (Fsp3) is 0.250. The molecule has 5 heteroatoms. The molecule has 0 bridgehead atoms. The highest BCUT2D eigenvalue weighted by Gasteiger charge is 2.36. The Labute approximate surface area is 144 Å². The Kier molecular flexibility index (Phi) is 4.93. The Bertz CT molecular complexity index is 750. The summed E-state index contributed by atoms with van der Waals surface area (Å²) in [7, 11) is 0. The number of alkyl halides is 3. The van der Waals surface area contributed by atoms with E-state index in [0.29, 0.717) is 6.08 Å². The van der Waals surface area contributed by atoms with Crippen molar-refractivity contribution in [3.8, 4) is 0 Å². The van der Waals surface area contributed by atoms with Crippen molar-refractivity contribution in [2.75, 3.05) is 0 Å². The summed E-state index contributed by atoms with van der Waals surface area (Å²) in [4.78, 5) is 12.3. The van der Waals surface area contributed by atoms with Crippen LogP contribution in [-0.2, 0) is 4.79 Å². The van der Waals surface area contributed by atoms with Gasteiger partial charge >= 0.3 is 6.18 Å². The maximum atomic E-state index is 13.3. The van der Waals surface area contributed by atoms with Gasteiger partial charge in [0.05, 0.1) is 11.6 Å². The van der Waals surface area contributed by atoms with E-state index in [1.165, 1.54) is 24.3 Å². The molecule has 1 aliphatic carbocycles. The molecule has 0 aromatic heterocycles. The standard InChI is InChI=1S/C20H18F3NO/c21-20(22,23)17(14-7-3-1-4-8-14)13-18(25)24-19(16-11-12-16)15-9-5-2-6-10-15/h1-10,13,16,19H,11-12H2,(H,24,25). The van der Waals surface area contributed by atoms with E-state index in [0.717, 1.165) is 18.4 Å². The van der Waals surface area contributed by atoms with Gasteiger partial charge in [-0.3, -0.25) is 4.79 Å². The molecule has 2 nitrogen and oxygen atoms in total. The van der Waals surface area contributed by atoms with Gasteiger partial charge in [-0.2, -0.15) is 13.2 Å². The third-order valence-corrected chi connectivity index (χ3v) is 4.22. The summed E-state index contributed by atoms with van der Waals surface area (Å²) in [5.74, 6) is -0.442. The van der Waals surface area contributed by atoms with Crippen molar-refractivity contribution in [1.29, 1.82) is 0 Å². The van der Waals surface area contributed by atoms with E-state index in [1.54, 1.807) is 6.07 Å². The van der Waals surface area contributed by atoms with Crippen LogP contribution < -0.4 is 5.32 Å². The number of halogens is 3.